The van der Waals surface area contributed by atoms with E-state index in [9.17, 15) is 4.79 Å². The zero-order valence-electron chi connectivity index (χ0n) is 14.8. The summed E-state index contributed by atoms with van der Waals surface area (Å²) < 4.78 is 0. The van der Waals surface area contributed by atoms with Crippen molar-refractivity contribution in [2.75, 3.05) is 11.9 Å². The fraction of sp³-hybridized carbons (Fsp3) is 0.350. The van der Waals surface area contributed by atoms with E-state index < -0.39 is 0 Å². The first-order valence-corrected chi connectivity index (χ1v) is 9.24. The van der Waals surface area contributed by atoms with E-state index in [0.717, 1.165) is 6.42 Å². The largest absolute Gasteiger partial charge is 0.322 e. The van der Waals surface area contributed by atoms with Crippen LogP contribution < -0.4 is 10.6 Å². The number of carbonyl (C=O) groups excluding carboxylic acids is 1. The van der Waals surface area contributed by atoms with Crippen molar-refractivity contribution < 1.29 is 4.79 Å². The fourth-order valence-electron chi connectivity index (χ4n) is 2.70. The van der Waals surface area contributed by atoms with Crippen molar-refractivity contribution in [3.8, 4) is 0 Å². The lowest BCUT2D eigenvalue weighted by atomic mass is 9.95. The lowest BCUT2D eigenvalue weighted by Crippen LogP contribution is -2.33. The van der Waals surface area contributed by atoms with E-state index in [1.807, 2.05) is 0 Å². The quantitative estimate of drug-likeness (QED) is 0.669. The Bertz CT molecular complexity index is 694. The van der Waals surface area contributed by atoms with Gasteiger partial charge in [0.2, 0.25) is 5.91 Å². The van der Waals surface area contributed by atoms with E-state index in [-0.39, 0.29) is 18.5 Å². The Balaban J connectivity index is 2.01. The molecule has 0 bridgehead atoms. The number of halogens is 2. The van der Waals surface area contributed by atoms with Gasteiger partial charge in [0.15, 0.2) is 0 Å². The van der Waals surface area contributed by atoms with Gasteiger partial charge in [0, 0.05) is 6.04 Å². The third kappa shape index (κ3) is 5.46. The van der Waals surface area contributed by atoms with E-state index >= 15 is 0 Å². The second-order valence-corrected chi connectivity index (χ2v) is 7.16. The van der Waals surface area contributed by atoms with Crippen LogP contribution in [-0.4, -0.2) is 12.5 Å². The van der Waals surface area contributed by atoms with Crippen molar-refractivity contribution in [2.24, 2.45) is 5.92 Å². The first kappa shape index (κ1) is 19.8. The number of carbonyl (C=O) groups is 1. The lowest BCUT2D eigenvalue weighted by Gasteiger charge is -2.23. The topological polar surface area (TPSA) is 41.1 Å². The summed E-state index contributed by atoms with van der Waals surface area (Å²) in [4.78, 5) is 12.3. The summed E-state index contributed by atoms with van der Waals surface area (Å²) in [5.74, 6) is 0.176. The summed E-state index contributed by atoms with van der Waals surface area (Å²) >= 11 is 12.2. The average molecular weight is 379 g/mol. The maximum atomic E-state index is 12.3. The second-order valence-electron chi connectivity index (χ2n) is 6.34. The van der Waals surface area contributed by atoms with Gasteiger partial charge in [0.1, 0.15) is 0 Å². The van der Waals surface area contributed by atoms with Crippen molar-refractivity contribution in [2.45, 2.75) is 33.2 Å². The van der Waals surface area contributed by atoms with Crippen LogP contribution in [0, 0.1) is 5.92 Å². The highest BCUT2D eigenvalue weighted by Gasteiger charge is 2.17. The average Bonchev–Trinajstić information content (AvgIpc) is 2.59. The summed E-state index contributed by atoms with van der Waals surface area (Å²) in [6.07, 6.45) is 1.01. The minimum Gasteiger partial charge on any atom is -0.322 e. The second kappa shape index (κ2) is 9.23. The molecule has 2 rings (SSSR count). The van der Waals surface area contributed by atoms with Gasteiger partial charge in [-0.3, -0.25) is 4.79 Å². The minimum absolute atomic E-state index is 0.0957. The summed E-state index contributed by atoms with van der Waals surface area (Å²) in [5.41, 5.74) is 2.93. The molecule has 0 aliphatic heterocycles. The third-order valence-electron chi connectivity index (χ3n) is 4.12. The van der Waals surface area contributed by atoms with Crippen molar-refractivity contribution in [3.05, 3.63) is 63.6 Å². The van der Waals surface area contributed by atoms with Gasteiger partial charge in [-0.15, -0.1) is 0 Å². The molecule has 25 heavy (non-hydrogen) atoms. The molecule has 1 amide bonds. The molecule has 0 heterocycles. The van der Waals surface area contributed by atoms with Gasteiger partial charge >= 0.3 is 0 Å². The van der Waals surface area contributed by atoms with Gasteiger partial charge in [0.25, 0.3) is 0 Å². The van der Waals surface area contributed by atoms with E-state index in [2.05, 4.69) is 55.7 Å². The van der Waals surface area contributed by atoms with Crippen LogP contribution in [0.4, 0.5) is 5.69 Å². The molecular formula is C20H24Cl2N2O. The Morgan fingerprint density at radius 2 is 1.64 bits per heavy atom. The Morgan fingerprint density at radius 3 is 2.16 bits per heavy atom. The molecule has 0 spiro atoms. The Labute approximate surface area is 159 Å². The predicted octanol–water partition coefficient (Wildman–Crippen LogP) is 5.48. The number of nitrogens with one attached hydrogen (secondary N) is 2. The molecule has 0 aliphatic carbocycles. The molecular weight excluding hydrogens is 355 g/mol. The third-order valence-corrected chi connectivity index (χ3v) is 4.75. The monoisotopic (exact) mass is 378 g/mol. The van der Waals surface area contributed by atoms with Crippen LogP contribution in [0.25, 0.3) is 0 Å². The summed E-state index contributed by atoms with van der Waals surface area (Å²) in [5, 5.41) is 6.97. The first-order valence-electron chi connectivity index (χ1n) is 8.48. The van der Waals surface area contributed by atoms with Crippen LogP contribution in [0.2, 0.25) is 10.0 Å². The van der Waals surface area contributed by atoms with Gasteiger partial charge in [-0.05, 0) is 35.6 Å². The van der Waals surface area contributed by atoms with Crippen molar-refractivity contribution in [1.29, 1.82) is 0 Å². The number of benzene rings is 2. The number of aryl methyl sites for hydroxylation is 1. The number of anilines is 1. The molecule has 1 atom stereocenters. The molecule has 0 aromatic heterocycles. The normalized spacial score (nSPS) is 12.2. The van der Waals surface area contributed by atoms with Crippen molar-refractivity contribution in [1.82, 2.24) is 5.32 Å². The zero-order valence-corrected chi connectivity index (χ0v) is 16.3. The number of para-hydroxylation sites is 1. The lowest BCUT2D eigenvalue weighted by molar-refractivity contribution is -0.115. The molecule has 134 valence electrons. The SMILES string of the molecule is CCc1ccc([C@H](NCC(=O)Nc2c(Cl)cccc2Cl)C(C)C)cc1. The van der Waals surface area contributed by atoms with E-state index in [4.69, 9.17) is 23.2 Å². The van der Waals surface area contributed by atoms with Gasteiger partial charge < -0.3 is 10.6 Å². The number of amides is 1. The van der Waals surface area contributed by atoms with Gasteiger partial charge in [-0.1, -0.05) is 74.3 Å². The Morgan fingerprint density at radius 1 is 1.04 bits per heavy atom. The predicted molar refractivity (Wildman–Crippen MR) is 106 cm³/mol. The molecule has 0 radical (unpaired) electrons. The van der Waals surface area contributed by atoms with E-state index in [0.29, 0.717) is 21.7 Å². The van der Waals surface area contributed by atoms with Crippen LogP contribution in [0.15, 0.2) is 42.5 Å². The fourth-order valence-corrected chi connectivity index (χ4v) is 3.19. The zero-order chi connectivity index (χ0) is 18.4. The Hall–Kier alpha value is -1.55. The summed E-state index contributed by atoms with van der Waals surface area (Å²) in [6.45, 7) is 6.58. The molecule has 2 N–H and O–H groups in total. The molecule has 2 aromatic rings. The minimum atomic E-state index is -0.175. The maximum absolute atomic E-state index is 12.3. The molecule has 5 heteroatoms. The van der Waals surface area contributed by atoms with E-state index in [1.165, 1.54) is 11.1 Å². The molecule has 0 saturated heterocycles. The standard InChI is InChI=1S/C20H24Cl2N2O/c1-4-14-8-10-15(11-9-14)19(13(2)3)23-12-18(25)24-20-16(21)6-5-7-17(20)22/h5-11,13,19,23H,4,12H2,1-3H3,(H,24,25)/t19-/m1/s1. The number of hydrogen-bond acceptors (Lipinski definition) is 2. The van der Waals surface area contributed by atoms with Crippen LogP contribution in [0.1, 0.15) is 37.9 Å². The molecule has 0 fully saturated rings. The molecule has 3 nitrogen and oxygen atoms in total. The Kier molecular flexibility index (Phi) is 7.30. The smallest absolute Gasteiger partial charge is 0.238 e. The highest BCUT2D eigenvalue weighted by Crippen LogP contribution is 2.29. The van der Waals surface area contributed by atoms with Gasteiger partial charge in [0.05, 0.1) is 22.3 Å². The van der Waals surface area contributed by atoms with Crippen LogP contribution >= 0.6 is 23.2 Å². The molecule has 0 aliphatic rings. The van der Waals surface area contributed by atoms with Gasteiger partial charge in [-0.25, -0.2) is 0 Å². The van der Waals surface area contributed by atoms with Crippen LogP contribution in [0.3, 0.4) is 0 Å². The molecule has 0 unspecified atom stereocenters. The van der Waals surface area contributed by atoms with Crippen molar-refractivity contribution >= 4 is 34.8 Å². The highest BCUT2D eigenvalue weighted by molar-refractivity contribution is 6.39. The maximum Gasteiger partial charge on any atom is 0.238 e. The van der Waals surface area contributed by atoms with Crippen LogP contribution in [0.5, 0.6) is 0 Å². The number of hydrogen-bond donors (Lipinski definition) is 2. The molecule has 2 aromatic carbocycles. The van der Waals surface area contributed by atoms with Crippen molar-refractivity contribution in [3.63, 3.8) is 0 Å². The highest BCUT2D eigenvalue weighted by atomic mass is 35.5. The summed E-state index contributed by atoms with van der Waals surface area (Å²) in [6, 6.07) is 13.8. The summed E-state index contributed by atoms with van der Waals surface area (Å²) in [7, 11) is 0. The number of rotatable bonds is 7. The van der Waals surface area contributed by atoms with Crippen LogP contribution in [-0.2, 0) is 11.2 Å². The molecule has 0 saturated carbocycles. The van der Waals surface area contributed by atoms with Gasteiger partial charge in [-0.2, -0.15) is 0 Å². The first-order chi connectivity index (χ1) is 11.9. The van der Waals surface area contributed by atoms with E-state index in [1.54, 1.807) is 18.2 Å².